The van der Waals surface area contributed by atoms with Gasteiger partial charge in [0.05, 0.1) is 0 Å². The smallest absolute Gasteiger partial charge is 0.389 e. The van der Waals surface area contributed by atoms with Crippen molar-refractivity contribution >= 4 is 34.7 Å². The lowest BCUT2D eigenvalue weighted by molar-refractivity contribution is -0.119. The fourth-order valence-corrected chi connectivity index (χ4v) is 3.01. The van der Waals surface area contributed by atoms with E-state index in [2.05, 4.69) is 0 Å². The molecule has 0 heterocycles. The molecule has 0 radical (unpaired) electrons. The van der Waals surface area contributed by atoms with Gasteiger partial charge in [0.1, 0.15) is 11.5 Å². The maximum absolute atomic E-state index is 12.6. The normalized spacial score (nSPS) is 11.4. The van der Waals surface area contributed by atoms with Gasteiger partial charge in [0, 0.05) is 22.7 Å². The molecular formula is C13H17F3N2S2. The Balaban J connectivity index is 3.27. The average molecular weight is 322 g/mol. The zero-order valence-corrected chi connectivity index (χ0v) is 13.0. The van der Waals surface area contributed by atoms with E-state index < -0.39 is 12.7 Å². The van der Waals surface area contributed by atoms with Gasteiger partial charge in [-0.25, -0.2) is 0 Å². The van der Waals surface area contributed by atoms with Crippen molar-refractivity contribution in [3.05, 3.63) is 23.8 Å². The van der Waals surface area contributed by atoms with E-state index in [-0.39, 0.29) is 11.5 Å². The van der Waals surface area contributed by atoms with Gasteiger partial charge in [-0.3, -0.25) is 0 Å². The van der Waals surface area contributed by atoms with Gasteiger partial charge in [0.15, 0.2) is 0 Å². The molecule has 0 amide bonds. The molecule has 2 N–H and O–H groups in total. The number of halogens is 3. The molecule has 1 aromatic rings. The summed E-state index contributed by atoms with van der Waals surface area (Å²) >= 11 is 6.53. The number of thioether (sulfide) groups is 1. The third kappa shape index (κ3) is 4.56. The average Bonchev–Trinajstić information content (AvgIpc) is 2.34. The number of alkyl halides is 3. The Kier molecular flexibility index (Phi) is 6.13. The molecule has 0 aliphatic carbocycles. The lowest BCUT2D eigenvalue weighted by Crippen LogP contribution is -2.35. The zero-order chi connectivity index (χ0) is 15.3. The van der Waals surface area contributed by atoms with Crippen LogP contribution in [0.1, 0.15) is 19.4 Å². The van der Waals surface area contributed by atoms with Crippen LogP contribution in [-0.2, 0) is 0 Å². The number of nitrogens with two attached hydrogens (primary N) is 1. The zero-order valence-electron chi connectivity index (χ0n) is 11.3. The summed E-state index contributed by atoms with van der Waals surface area (Å²) in [7, 11) is 0. The van der Waals surface area contributed by atoms with Crippen molar-refractivity contribution < 1.29 is 13.2 Å². The lowest BCUT2D eigenvalue weighted by atomic mass is 10.1. The number of benzene rings is 1. The Bertz CT molecular complexity index is 475. The summed E-state index contributed by atoms with van der Waals surface area (Å²) < 4.78 is 37.9. The molecule has 0 aliphatic rings. The van der Waals surface area contributed by atoms with Gasteiger partial charge in [-0.2, -0.15) is 13.2 Å². The molecule has 0 saturated carbocycles. The predicted octanol–water partition coefficient (Wildman–Crippen LogP) is 3.82. The first kappa shape index (κ1) is 17.1. The molecule has 20 heavy (non-hydrogen) atoms. The molecule has 0 spiro atoms. The van der Waals surface area contributed by atoms with E-state index in [4.69, 9.17) is 18.0 Å². The van der Waals surface area contributed by atoms with Crippen LogP contribution in [0.25, 0.3) is 0 Å². The monoisotopic (exact) mass is 322 g/mol. The molecule has 0 saturated heterocycles. The molecule has 0 atom stereocenters. The third-order valence-corrected chi connectivity index (χ3v) is 3.79. The van der Waals surface area contributed by atoms with Crippen LogP contribution >= 0.6 is 24.0 Å². The van der Waals surface area contributed by atoms with Gasteiger partial charge in [-0.15, -0.1) is 11.8 Å². The minimum Gasteiger partial charge on any atom is -0.389 e. The van der Waals surface area contributed by atoms with Gasteiger partial charge in [0.25, 0.3) is 0 Å². The first-order valence-electron chi connectivity index (χ1n) is 6.17. The summed E-state index contributed by atoms with van der Waals surface area (Å²) in [6.07, 6.45) is -4.27. The Morgan fingerprint density at radius 3 is 2.45 bits per heavy atom. The van der Waals surface area contributed by atoms with Crippen LogP contribution in [-0.4, -0.2) is 30.0 Å². The summed E-state index contributed by atoms with van der Waals surface area (Å²) in [5.41, 5.74) is 6.68. The molecule has 7 heteroatoms. The van der Waals surface area contributed by atoms with Crippen molar-refractivity contribution in [2.45, 2.75) is 24.9 Å². The fraction of sp³-hybridized carbons (Fsp3) is 0.462. The molecule has 0 unspecified atom stereocenters. The maximum atomic E-state index is 12.6. The summed E-state index contributed by atoms with van der Waals surface area (Å²) in [5.74, 6) is 0.796. The Morgan fingerprint density at radius 2 is 2.00 bits per heavy atom. The second-order valence-electron chi connectivity index (χ2n) is 4.08. The lowest BCUT2D eigenvalue weighted by Gasteiger charge is -2.27. The van der Waals surface area contributed by atoms with E-state index in [0.29, 0.717) is 11.3 Å². The first-order valence-corrected chi connectivity index (χ1v) is 7.56. The standard InChI is InChI=1S/C13H17F3N2S2/c1-3-18(8-13(14,15)16)9-6-5-7-10(20-4-2)11(9)12(17)19/h5-7H,3-4,8H2,1-2H3,(H2,17,19). The highest BCUT2D eigenvalue weighted by molar-refractivity contribution is 7.99. The second-order valence-corrected chi connectivity index (χ2v) is 5.82. The second kappa shape index (κ2) is 7.17. The van der Waals surface area contributed by atoms with Gasteiger partial charge < -0.3 is 10.6 Å². The molecule has 0 fully saturated rings. The Hall–Kier alpha value is -0.950. The van der Waals surface area contributed by atoms with Gasteiger partial charge in [-0.05, 0) is 24.8 Å². The van der Waals surface area contributed by atoms with E-state index >= 15 is 0 Å². The molecule has 2 nitrogen and oxygen atoms in total. The Morgan fingerprint density at radius 1 is 1.35 bits per heavy atom. The van der Waals surface area contributed by atoms with Crippen molar-refractivity contribution in [1.82, 2.24) is 0 Å². The van der Waals surface area contributed by atoms with E-state index in [9.17, 15) is 13.2 Å². The van der Waals surface area contributed by atoms with Crippen LogP contribution in [0.5, 0.6) is 0 Å². The number of anilines is 1. The predicted molar refractivity (Wildman–Crippen MR) is 82.7 cm³/mol. The van der Waals surface area contributed by atoms with Crippen LogP contribution < -0.4 is 10.6 Å². The van der Waals surface area contributed by atoms with Crippen LogP contribution in [0.2, 0.25) is 0 Å². The molecule has 0 aliphatic heterocycles. The highest BCUT2D eigenvalue weighted by Crippen LogP contribution is 2.32. The van der Waals surface area contributed by atoms with Crippen molar-refractivity contribution in [3.63, 3.8) is 0 Å². The number of hydrogen-bond acceptors (Lipinski definition) is 3. The van der Waals surface area contributed by atoms with Crippen LogP contribution in [0.3, 0.4) is 0 Å². The third-order valence-electron chi connectivity index (χ3n) is 2.64. The fourth-order valence-electron chi connectivity index (χ4n) is 1.89. The molecule has 0 aromatic heterocycles. The van der Waals surface area contributed by atoms with Gasteiger partial charge >= 0.3 is 6.18 Å². The number of hydrogen-bond donors (Lipinski definition) is 1. The highest BCUT2D eigenvalue weighted by Gasteiger charge is 2.31. The van der Waals surface area contributed by atoms with Crippen LogP contribution in [0.4, 0.5) is 18.9 Å². The van der Waals surface area contributed by atoms with Crippen molar-refractivity contribution in [2.75, 3.05) is 23.7 Å². The quantitative estimate of drug-likeness (QED) is 0.637. The number of nitrogens with zero attached hydrogens (tertiary/aromatic N) is 1. The summed E-state index contributed by atoms with van der Waals surface area (Å²) in [6, 6.07) is 5.19. The van der Waals surface area contributed by atoms with Crippen molar-refractivity contribution in [1.29, 1.82) is 0 Å². The SMILES string of the molecule is CCSc1cccc(N(CC)CC(F)(F)F)c1C(N)=S. The van der Waals surface area contributed by atoms with Gasteiger partial charge in [-0.1, -0.05) is 25.2 Å². The summed E-state index contributed by atoms with van der Waals surface area (Å²) in [4.78, 5) is 2.18. The topological polar surface area (TPSA) is 29.3 Å². The van der Waals surface area contributed by atoms with E-state index in [1.165, 1.54) is 16.7 Å². The van der Waals surface area contributed by atoms with Crippen LogP contribution in [0.15, 0.2) is 23.1 Å². The molecule has 1 rings (SSSR count). The van der Waals surface area contributed by atoms with E-state index in [0.717, 1.165) is 10.6 Å². The summed E-state index contributed by atoms with van der Waals surface area (Å²) in [6.45, 7) is 2.86. The Labute approximate surface area is 126 Å². The molecule has 112 valence electrons. The number of rotatable bonds is 6. The molecule has 0 bridgehead atoms. The number of thiocarbonyl (C=S) groups is 1. The minimum absolute atomic E-state index is 0.122. The molecule has 1 aromatic carbocycles. The van der Waals surface area contributed by atoms with E-state index in [1.54, 1.807) is 19.1 Å². The largest absolute Gasteiger partial charge is 0.405 e. The van der Waals surface area contributed by atoms with Crippen molar-refractivity contribution in [3.8, 4) is 0 Å². The minimum atomic E-state index is -4.27. The highest BCUT2D eigenvalue weighted by atomic mass is 32.2. The van der Waals surface area contributed by atoms with Gasteiger partial charge in [0.2, 0.25) is 0 Å². The van der Waals surface area contributed by atoms with E-state index in [1.807, 2.05) is 13.0 Å². The maximum Gasteiger partial charge on any atom is 0.405 e. The first-order chi connectivity index (χ1) is 9.30. The molecular weight excluding hydrogens is 305 g/mol. The van der Waals surface area contributed by atoms with Crippen LogP contribution in [0, 0.1) is 0 Å². The summed E-state index contributed by atoms with van der Waals surface area (Å²) in [5, 5.41) is 0. The van der Waals surface area contributed by atoms with Crippen molar-refractivity contribution in [2.24, 2.45) is 5.73 Å².